The van der Waals surface area contributed by atoms with Crippen LogP contribution in [0, 0.1) is 11.3 Å². The molecule has 7 heterocycles. The third kappa shape index (κ3) is 9.40. The average molecular weight is 950 g/mol. The Hall–Kier alpha value is -5.65. The highest BCUT2D eigenvalue weighted by molar-refractivity contribution is 7.10. The largest absolute Gasteiger partial charge is 0.464 e. The Balaban J connectivity index is 1.13. The van der Waals surface area contributed by atoms with Crippen LogP contribution in [0.25, 0.3) is 33.4 Å². The van der Waals surface area contributed by atoms with Crippen molar-refractivity contribution in [3.63, 3.8) is 0 Å². The van der Waals surface area contributed by atoms with Gasteiger partial charge < -0.3 is 34.1 Å². The number of benzene rings is 1. The minimum atomic E-state index is -1.08. The minimum Gasteiger partial charge on any atom is -0.464 e. The van der Waals surface area contributed by atoms with Crippen LogP contribution in [-0.2, 0) is 48.0 Å². The van der Waals surface area contributed by atoms with Gasteiger partial charge in [-0.2, -0.15) is 0 Å². The number of hydrogen-bond donors (Lipinski definition) is 2. The molecule has 4 aromatic rings. The number of thiazole rings is 1. The first-order chi connectivity index (χ1) is 32.5. The Morgan fingerprint density at radius 3 is 2.53 bits per heavy atom. The van der Waals surface area contributed by atoms with Crippen molar-refractivity contribution in [2.24, 2.45) is 11.3 Å². The molecule has 3 aromatic heterocycles. The summed E-state index contributed by atoms with van der Waals surface area (Å²) in [4.78, 5) is 84.9. The lowest BCUT2D eigenvalue weighted by atomic mass is 9.76. The van der Waals surface area contributed by atoms with Gasteiger partial charge >= 0.3 is 12.0 Å². The Kier molecular flexibility index (Phi) is 14.2. The lowest BCUT2D eigenvalue weighted by molar-refractivity contribution is -0.155. The number of urea groups is 1. The summed E-state index contributed by atoms with van der Waals surface area (Å²) in [5, 5.41) is 8.18. The quantitative estimate of drug-likeness (QED) is 0.139. The Morgan fingerprint density at radius 1 is 1.10 bits per heavy atom. The van der Waals surface area contributed by atoms with Crippen molar-refractivity contribution >= 4 is 52.0 Å². The maximum absolute atomic E-state index is 14.7. The molecule has 68 heavy (non-hydrogen) atoms. The van der Waals surface area contributed by atoms with Crippen LogP contribution in [0.3, 0.4) is 0 Å². The second-order valence-corrected chi connectivity index (χ2v) is 21.0. The SMILES string of the molecule is C=CC(=O)N1CCC2(CC1)CCN2C(=O)N(C)[C@H](C(=O)N[C@H]1Cc2nc(cs2)-c2ccc3c(c2)c(c(-c2cccnc2[C@H](C)OC)n3CC)CC(C)(C)COC(=O)[C@@H]2CCCN(N2)C1=O)C(C)C. The van der Waals surface area contributed by atoms with Gasteiger partial charge in [-0.3, -0.25) is 29.2 Å². The van der Waals surface area contributed by atoms with Crippen LogP contribution >= 0.6 is 11.3 Å². The highest BCUT2D eigenvalue weighted by atomic mass is 32.1. The fourth-order valence-electron chi connectivity index (χ4n) is 10.7. The number of cyclic esters (lactones) is 1. The fourth-order valence-corrected chi connectivity index (χ4v) is 11.5. The van der Waals surface area contributed by atoms with Gasteiger partial charge in [-0.05, 0) is 94.2 Å². The molecule has 4 aliphatic rings. The number of hydrogen-bond acceptors (Lipinski definition) is 11. The van der Waals surface area contributed by atoms with E-state index >= 15 is 0 Å². The molecule has 0 saturated carbocycles. The van der Waals surface area contributed by atoms with Crippen LogP contribution < -0.4 is 10.7 Å². The van der Waals surface area contributed by atoms with Crippen LogP contribution in [0.2, 0.25) is 0 Å². The third-order valence-corrected chi connectivity index (χ3v) is 15.4. The molecular formula is C51H67N9O7S. The predicted octanol–water partition coefficient (Wildman–Crippen LogP) is 6.53. The van der Waals surface area contributed by atoms with Gasteiger partial charge in [-0.1, -0.05) is 40.3 Å². The summed E-state index contributed by atoms with van der Waals surface area (Å²) in [6.45, 7) is 18.5. The zero-order chi connectivity index (χ0) is 48.7. The van der Waals surface area contributed by atoms with E-state index in [1.54, 1.807) is 25.3 Å². The number of nitrogens with one attached hydrogen (secondary N) is 2. The van der Waals surface area contributed by atoms with E-state index in [1.165, 1.54) is 27.3 Å². The van der Waals surface area contributed by atoms with Crippen molar-refractivity contribution in [2.75, 3.05) is 46.9 Å². The second-order valence-electron chi connectivity index (χ2n) is 20.0. The molecule has 364 valence electrons. The Morgan fingerprint density at radius 2 is 1.85 bits per heavy atom. The van der Waals surface area contributed by atoms with E-state index in [4.69, 9.17) is 19.4 Å². The molecule has 1 spiro atoms. The molecule has 2 N–H and O–H groups in total. The first-order valence-corrected chi connectivity index (χ1v) is 25.0. The molecule has 1 aromatic carbocycles. The van der Waals surface area contributed by atoms with Crippen LogP contribution in [0.1, 0.15) is 96.0 Å². The summed E-state index contributed by atoms with van der Waals surface area (Å²) in [5.74, 6) is -1.75. The standard InChI is InChI=1S/C51H67N9O7S/c1-10-42(61)57-23-18-51(19-24-57)20-25-59(51)49(65)56(8)44(31(3)4)46(62)54-38-27-41-53-39(29-68-41)33-16-17-40-35(26-33)36(45(58(40)11-2)34-14-12-21-52-43(34)32(5)66-9)28-50(6,7)30-67-48(64)37-15-13-22-60(55-37)47(38)63/h10,12,14,16-17,21,26,29,31-32,37-38,44,55H,1,11,13,15,18-20,22-25,27-28,30H2,2-9H3,(H,54,62)/t32-,37-,38-,44-/m0/s1. The number of nitrogens with zero attached hydrogens (tertiary/aromatic N) is 7. The van der Waals surface area contributed by atoms with Gasteiger partial charge in [-0.15, -0.1) is 11.3 Å². The lowest BCUT2D eigenvalue weighted by Crippen LogP contribution is -2.69. The number of piperidine rings is 1. The molecule has 6 bridgehead atoms. The van der Waals surface area contributed by atoms with Gasteiger partial charge in [0.05, 0.1) is 34.8 Å². The number of ether oxygens (including phenoxy) is 2. The molecule has 4 aliphatic heterocycles. The van der Waals surface area contributed by atoms with Crippen molar-refractivity contribution < 1.29 is 33.4 Å². The Labute approximate surface area is 403 Å². The van der Waals surface area contributed by atoms with Crippen molar-refractivity contribution in [1.82, 2.24) is 45.0 Å². The summed E-state index contributed by atoms with van der Waals surface area (Å²) in [5.41, 5.74) is 8.92. The number of carbonyl (C=O) groups excluding carboxylic acids is 5. The number of carbonyl (C=O) groups is 5. The maximum Gasteiger partial charge on any atom is 0.324 e. The van der Waals surface area contributed by atoms with E-state index in [9.17, 15) is 24.0 Å². The maximum atomic E-state index is 14.7. The van der Waals surface area contributed by atoms with Crippen molar-refractivity contribution in [3.05, 3.63) is 70.8 Å². The molecule has 0 unspecified atom stereocenters. The number of fused-ring (bicyclic) bond motifs is 6. The van der Waals surface area contributed by atoms with Gasteiger partial charge in [0.1, 0.15) is 18.1 Å². The van der Waals surface area contributed by atoms with E-state index in [-0.39, 0.29) is 42.5 Å². The van der Waals surface area contributed by atoms with E-state index < -0.39 is 41.3 Å². The molecule has 17 heteroatoms. The third-order valence-electron chi connectivity index (χ3n) is 14.6. The summed E-state index contributed by atoms with van der Waals surface area (Å²) in [6.07, 6.45) is 6.65. The number of hydrazine groups is 1. The topological polar surface area (TPSA) is 172 Å². The number of pyridine rings is 1. The lowest BCUT2D eigenvalue weighted by Gasteiger charge is -2.57. The van der Waals surface area contributed by atoms with E-state index in [0.717, 1.165) is 51.1 Å². The van der Waals surface area contributed by atoms with Crippen LogP contribution in [0.5, 0.6) is 0 Å². The monoisotopic (exact) mass is 949 g/mol. The molecule has 0 radical (unpaired) electrons. The van der Waals surface area contributed by atoms with E-state index in [1.807, 2.05) is 37.1 Å². The first-order valence-electron chi connectivity index (χ1n) is 24.1. The van der Waals surface area contributed by atoms with E-state index in [2.05, 4.69) is 66.9 Å². The van der Waals surface area contributed by atoms with Crippen molar-refractivity contribution in [1.29, 1.82) is 0 Å². The van der Waals surface area contributed by atoms with Crippen LogP contribution in [0.15, 0.2) is 54.6 Å². The second kappa shape index (κ2) is 19.8. The zero-order valence-electron chi connectivity index (χ0n) is 40.8. The van der Waals surface area contributed by atoms with Crippen LogP contribution in [0.4, 0.5) is 4.79 Å². The number of aryl methyl sites for hydroxylation is 1. The minimum absolute atomic E-state index is 0.0830. The van der Waals surface area contributed by atoms with Crippen molar-refractivity contribution in [2.45, 2.75) is 123 Å². The van der Waals surface area contributed by atoms with Crippen molar-refractivity contribution in [3.8, 4) is 22.5 Å². The molecule has 3 saturated heterocycles. The van der Waals surface area contributed by atoms with Gasteiger partial charge in [0.25, 0.3) is 5.91 Å². The molecular weight excluding hydrogens is 883 g/mol. The van der Waals surface area contributed by atoms with Gasteiger partial charge in [0.2, 0.25) is 11.8 Å². The highest BCUT2D eigenvalue weighted by Crippen LogP contribution is 2.43. The molecule has 8 rings (SSSR count). The Bertz CT molecular complexity index is 2580. The predicted molar refractivity (Wildman–Crippen MR) is 261 cm³/mol. The molecule has 0 aliphatic carbocycles. The smallest absolute Gasteiger partial charge is 0.324 e. The number of esters is 1. The molecule has 16 nitrogen and oxygen atoms in total. The van der Waals surface area contributed by atoms with Gasteiger partial charge in [-0.25, -0.2) is 15.2 Å². The number of likely N-dealkylation sites (tertiary alicyclic amines) is 2. The summed E-state index contributed by atoms with van der Waals surface area (Å²) >= 11 is 1.42. The van der Waals surface area contributed by atoms with Gasteiger partial charge in [0.15, 0.2) is 0 Å². The van der Waals surface area contributed by atoms with Crippen LogP contribution in [-0.4, -0.2) is 135 Å². The number of methoxy groups -OCH3 is 1. The highest BCUT2D eigenvalue weighted by Gasteiger charge is 2.51. The molecule has 3 fully saturated rings. The number of likely N-dealkylation sites (N-methyl/N-ethyl adjacent to an activating group) is 1. The van der Waals surface area contributed by atoms with E-state index in [0.29, 0.717) is 69.8 Å². The molecule has 4 atom stereocenters. The molecule has 5 amide bonds. The zero-order valence-corrected chi connectivity index (χ0v) is 41.6. The fraction of sp³-hybridized carbons (Fsp3) is 0.549. The summed E-state index contributed by atoms with van der Waals surface area (Å²) in [6, 6.07) is 7.41. The summed E-state index contributed by atoms with van der Waals surface area (Å²) < 4.78 is 14.3. The number of amides is 5. The first kappa shape index (κ1) is 48.8. The summed E-state index contributed by atoms with van der Waals surface area (Å²) in [7, 11) is 3.33. The average Bonchev–Trinajstić information content (AvgIpc) is 3.93. The normalized spacial score (nSPS) is 21.5. The number of rotatable bonds is 9. The van der Waals surface area contributed by atoms with Gasteiger partial charge in [0, 0.05) is 97.9 Å². The number of aromatic nitrogens is 3.